The second kappa shape index (κ2) is 8.96. The minimum absolute atomic E-state index is 0.0842. The molecule has 0 unspecified atom stereocenters. The molecule has 3 aromatic carbocycles. The Morgan fingerprint density at radius 3 is 2.58 bits per heavy atom. The molecular formula is C24H20ClN3O2S. The number of nitrogens with zero attached hydrogens (tertiary/aromatic N) is 2. The van der Waals surface area contributed by atoms with Crippen LogP contribution in [0.5, 0.6) is 0 Å². The number of anilines is 1. The number of nitrogens with one attached hydrogen (secondary N) is 1. The summed E-state index contributed by atoms with van der Waals surface area (Å²) < 4.78 is 1.60. The normalized spacial score (nSPS) is 10.9. The van der Waals surface area contributed by atoms with Crippen LogP contribution in [0.3, 0.4) is 0 Å². The number of amides is 1. The molecule has 0 bridgehead atoms. The standard InChI is InChI=1S/C24H20ClN3O2S/c1-15-8-7-13-21(16(15)2)28-23(30)17-9-3-5-11-19(17)27-24(28)31-14-22(29)26-20-12-6-4-10-18(20)25/h3-13H,14H2,1-2H3,(H,26,29). The number of hydrogen-bond donors (Lipinski definition) is 1. The first kappa shape index (κ1) is 21.2. The zero-order valence-corrected chi connectivity index (χ0v) is 18.6. The van der Waals surface area contributed by atoms with E-state index in [1.165, 1.54) is 11.8 Å². The van der Waals surface area contributed by atoms with E-state index in [0.717, 1.165) is 16.8 Å². The van der Waals surface area contributed by atoms with Gasteiger partial charge in [-0.2, -0.15) is 0 Å². The highest BCUT2D eigenvalue weighted by molar-refractivity contribution is 7.99. The van der Waals surface area contributed by atoms with E-state index in [-0.39, 0.29) is 17.2 Å². The quantitative estimate of drug-likeness (QED) is 0.328. The lowest BCUT2D eigenvalue weighted by atomic mass is 10.1. The summed E-state index contributed by atoms with van der Waals surface area (Å²) in [6, 6.07) is 20.1. The van der Waals surface area contributed by atoms with E-state index in [2.05, 4.69) is 5.32 Å². The third kappa shape index (κ3) is 4.36. The molecule has 1 heterocycles. The average molecular weight is 450 g/mol. The molecule has 4 aromatic rings. The minimum Gasteiger partial charge on any atom is -0.324 e. The van der Waals surface area contributed by atoms with Gasteiger partial charge in [0.05, 0.1) is 33.1 Å². The van der Waals surface area contributed by atoms with Crippen molar-refractivity contribution in [1.29, 1.82) is 0 Å². The van der Waals surface area contributed by atoms with Gasteiger partial charge in [0.15, 0.2) is 5.16 Å². The van der Waals surface area contributed by atoms with Crippen LogP contribution in [0, 0.1) is 13.8 Å². The minimum atomic E-state index is -0.229. The third-order valence-electron chi connectivity index (χ3n) is 5.04. The molecule has 7 heteroatoms. The van der Waals surface area contributed by atoms with E-state index in [1.54, 1.807) is 41.0 Å². The van der Waals surface area contributed by atoms with E-state index in [9.17, 15) is 9.59 Å². The fourth-order valence-corrected chi connectivity index (χ4v) is 4.27. The van der Waals surface area contributed by atoms with Crippen molar-refractivity contribution in [2.75, 3.05) is 11.1 Å². The summed E-state index contributed by atoms with van der Waals surface area (Å²) in [5.74, 6) is -0.144. The summed E-state index contributed by atoms with van der Waals surface area (Å²) in [4.78, 5) is 30.6. The van der Waals surface area contributed by atoms with Crippen LogP contribution in [0.25, 0.3) is 16.6 Å². The van der Waals surface area contributed by atoms with Gasteiger partial charge in [0, 0.05) is 0 Å². The Balaban J connectivity index is 1.73. The largest absolute Gasteiger partial charge is 0.324 e. The lowest BCUT2D eigenvalue weighted by molar-refractivity contribution is -0.113. The zero-order chi connectivity index (χ0) is 22.0. The molecule has 31 heavy (non-hydrogen) atoms. The topological polar surface area (TPSA) is 64.0 Å². The highest BCUT2D eigenvalue weighted by Crippen LogP contribution is 2.25. The molecule has 1 aromatic heterocycles. The molecule has 0 radical (unpaired) electrons. The van der Waals surface area contributed by atoms with Gasteiger partial charge >= 0.3 is 0 Å². The van der Waals surface area contributed by atoms with E-state index in [4.69, 9.17) is 16.6 Å². The van der Waals surface area contributed by atoms with Gasteiger partial charge in [-0.15, -0.1) is 0 Å². The molecule has 1 N–H and O–H groups in total. The number of carbonyl (C=O) groups excluding carboxylic acids is 1. The fraction of sp³-hybridized carbons (Fsp3) is 0.125. The van der Waals surface area contributed by atoms with Crippen LogP contribution in [-0.4, -0.2) is 21.2 Å². The van der Waals surface area contributed by atoms with Gasteiger partial charge in [-0.3, -0.25) is 14.2 Å². The third-order valence-corrected chi connectivity index (χ3v) is 6.31. The number of fused-ring (bicyclic) bond motifs is 1. The monoisotopic (exact) mass is 449 g/mol. The van der Waals surface area contributed by atoms with Gasteiger partial charge in [0.2, 0.25) is 5.91 Å². The summed E-state index contributed by atoms with van der Waals surface area (Å²) in [6.07, 6.45) is 0. The molecule has 0 aliphatic rings. The lowest BCUT2D eigenvalue weighted by Crippen LogP contribution is -2.23. The van der Waals surface area contributed by atoms with E-state index in [0.29, 0.717) is 26.8 Å². The first-order valence-corrected chi connectivity index (χ1v) is 11.1. The van der Waals surface area contributed by atoms with Crippen LogP contribution in [0.2, 0.25) is 5.02 Å². The first-order chi connectivity index (χ1) is 15.0. The van der Waals surface area contributed by atoms with Gasteiger partial charge < -0.3 is 5.32 Å². The summed E-state index contributed by atoms with van der Waals surface area (Å²) >= 11 is 7.35. The Kier molecular flexibility index (Phi) is 6.11. The molecule has 1 amide bonds. The number of halogens is 1. The Bertz CT molecular complexity index is 1350. The average Bonchev–Trinajstić information content (AvgIpc) is 2.76. The molecule has 156 valence electrons. The molecular weight excluding hydrogens is 430 g/mol. The van der Waals surface area contributed by atoms with Crippen molar-refractivity contribution in [3.63, 3.8) is 0 Å². The Morgan fingerprint density at radius 2 is 1.77 bits per heavy atom. The highest BCUT2D eigenvalue weighted by Gasteiger charge is 2.17. The number of aromatic nitrogens is 2. The van der Waals surface area contributed by atoms with Gasteiger partial charge in [0.1, 0.15) is 0 Å². The van der Waals surface area contributed by atoms with Crippen molar-refractivity contribution >= 4 is 45.9 Å². The number of benzene rings is 3. The number of rotatable bonds is 5. The maximum atomic E-state index is 13.4. The number of thioether (sulfide) groups is 1. The van der Waals surface area contributed by atoms with Gasteiger partial charge in [0.25, 0.3) is 5.56 Å². The van der Waals surface area contributed by atoms with Gasteiger partial charge in [-0.1, -0.05) is 59.8 Å². The Morgan fingerprint density at radius 1 is 1.03 bits per heavy atom. The maximum absolute atomic E-state index is 13.4. The second-order valence-corrected chi connectivity index (χ2v) is 8.44. The number of hydrogen-bond acceptors (Lipinski definition) is 4. The van der Waals surface area contributed by atoms with Crippen molar-refractivity contribution in [3.05, 3.63) is 93.2 Å². The van der Waals surface area contributed by atoms with Gasteiger partial charge in [-0.05, 0) is 55.3 Å². The molecule has 0 spiro atoms. The van der Waals surface area contributed by atoms with E-state index >= 15 is 0 Å². The van der Waals surface area contributed by atoms with Crippen LogP contribution >= 0.6 is 23.4 Å². The highest BCUT2D eigenvalue weighted by atomic mass is 35.5. The predicted octanol–water partition coefficient (Wildman–Crippen LogP) is 5.39. The summed E-state index contributed by atoms with van der Waals surface area (Å²) in [6.45, 7) is 3.98. The molecule has 0 aliphatic heterocycles. The van der Waals surface area contributed by atoms with Gasteiger partial charge in [-0.25, -0.2) is 4.98 Å². The molecule has 0 fully saturated rings. The van der Waals surface area contributed by atoms with Crippen molar-refractivity contribution in [1.82, 2.24) is 9.55 Å². The van der Waals surface area contributed by atoms with Crippen molar-refractivity contribution in [2.24, 2.45) is 0 Å². The second-order valence-electron chi connectivity index (χ2n) is 7.09. The van der Waals surface area contributed by atoms with Crippen molar-refractivity contribution < 1.29 is 4.79 Å². The molecule has 0 saturated carbocycles. The van der Waals surface area contributed by atoms with Crippen molar-refractivity contribution in [3.8, 4) is 5.69 Å². The number of aryl methyl sites for hydroxylation is 1. The lowest BCUT2D eigenvalue weighted by Gasteiger charge is -2.16. The van der Waals surface area contributed by atoms with E-state index < -0.39 is 0 Å². The molecule has 5 nitrogen and oxygen atoms in total. The fourth-order valence-electron chi connectivity index (χ4n) is 3.28. The SMILES string of the molecule is Cc1cccc(-n2c(SCC(=O)Nc3ccccc3Cl)nc3ccccc3c2=O)c1C. The summed E-state index contributed by atoms with van der Waals surface area (Å²) in [5, 5.41) is 4.27. The molecule has 4 rings (SSSR count). The smallest absolute Gasteiger partial charge is 0.266 e. The van der Waals surface area contributed by atoms with Crippen LogP contribution in [0.15, 0.2) is 76.7 Å². The van der Waals surface area contributed by atoms with Crippen LogP contribution in [-0.2, 0) is 4.79 Å². The molecule has 0 atom stereocenters. The predicted molar refractivity (Wildman–Crippen MR) is 128 cm³/mol. The first-order valence-electron chi connectivity index (χ1n) is 9.71. The molecule has 0 aliphatic carbocycles. The van der Waals surface area contributed by atoms with E-state index in [1.807, 2.05) is 44.2 Å². The number of para-hydroxylation sites is 2. The summed E-state index contributed by atoms with van der Waals surface area (Å²) in [7, 11) is 0. The van der Waals surface area contributed by atoms with Crippen LogP contribution in [0.1, 0.15) is 11.1 Å². The Labute approximate surface area is 189 Å². The van der Waals surface area contributed by atoms with Crippen LogP contribution in [0.4, 0.5) is 5.69 Å². The van der Waals surface area contributed by atoms with Crippen molar-refractivity contribution in [2.45, 2.75) is 19.0 Å². The zero-order valence-electron chi connectivity index (χ0n) is 17.1. The summed E-state index contributed by atoms with van der Waals surface area (Å²) in [5.41, 5.74) is 3.82. The molecule has 0 saturated heterocycles. The van der Waals surface area contributed by atoms with Crippen LogP contribution < -0.4 is 10.9 Å². The number of carbonyl (C=O) groups is 1. The maximum Gasteiger partial charge on any atom is 0.266 e. The Hall–Kier alpha value is -3.09.